The number of hydrogen-bond acceptors (Lipinski definition) is 6. The Kier molecular flexibility index (Phi) is 7.89. The number of halogens is 1. The SMILES string of the molecule is CC(C)C(=N)NC(=O)N1CCC(CC2COC(c3ccc(S(C)(=O)=O)c(F)c3)OC2)CC1. The lowest BCUT2D eigenvalue weighted by Gasteiger charge is -2.36. The second-order valence-electron chi connectivity index (χ2n) is 8.99. The van der Waals surface area contributed by atoms with Crippen LogP contribution in [0.25, 0.3) is 0 Å². The number of rotatable bonds is 5. The van der Waals surface area contributed by atoms with Gasteiger partial charge in [-0.3, -0.25) is 10.7 Å². The third-order valence-electron chi connectivity index (χ3n) is 5.98. The van der Waals surface area contributed by atoms with Gasteiger partial charge < -0.3 is 14.4 Å². The molecule has 0 atom stereocenters. The largest absolute Gasteiger partial charge is 0.348 e. The molecule has 0 unspecified atom stereocenters. The minimum absolute atomic E-state index is 0.0132. The minimum Gasteiger partial charge on any atom is -0.348 e. The lowest BCUT2D eigenvalue weighted by molar-refractivity contribution is -0.208. The smallest absolute Gasteiger partial charge is 0.322 e. The quantitative estimate of drug-likeness (QED) is 0.508. The van der Waals surface area contributed by atoms with Crippen molar-refractivity contribution in [1.29, 1.82) is 5.41 Å². The molecule has 1 aromatic rings. The number of carbonyl (C=O) groups is 1. The zero-order chi connectivity index (χ0) is 23.5. The molecule has 2 saturated heterocycles. The average molecular weight is 470 g/mol. The fraction of sp³-hybridized carbons (Fsp3) is 0.636. The molecule has 2 heterocycles. The van der Waals surface area contributed by atoms with Crippen LogP contribution in [0.2, 0.25) is 0 Å². The maximum absolute atomic E-state index is 14.1. The van der Waals surface area contributed by atoms with Crippen LogP contribution in [0.3, 0.4) is 0 Å². The number of likely N-dealkylation sites (tertiary alicyclic amines) is 1. The van der Waals surface area contributed by atoms with Crippen LogP contribution in [-0.4, -0.2) is 57.7 Å². The van der Waals surface area contributed by atoms with Crippen LogP contribution in [-0.2, 0) is 19.3 Å². The number of benzene rings is 1. The molecule has 178 valence electrons. The number of carbonyl (C=O) groups excluding carboxylic acids is 1. The minimum atomic E-state index is -3.62. The molecule has 0 bridgehead atoms. The summed E-state index contributed by atoms with van der Waals surface area (Å²) in [6, 6.07) is 3.71. The van der Waals surface area contributed by atoms with Crippen molar-refractivity contribution in [2.45, 2.75) is 44.3 Å². The molecule has 0 aliphatic carbocycles. The predicted molar refractivity (Wildman–Crippen MR) is 118 cm³/mol. The maximum atomic E-state index is 14.1. The van der Waals surface area contributed by atoms with E-state index < -0.39 is 21.9 Å². The highest BCUT2D eigenvalue weighted by molar-refractivity contribution is 7.90. The van der Waals surface area contributed by atoms with Gasteiger partial charge in [-0.25, -0.2) is 17.6 Å². The summed E-state index contributed by atoms with van der Waals surface area (Å²) < 4.78 is 48.9. The van der Waals surface area contributed by atoms with E-state index in [2.05, 4.69) is 5.32 Å². The summed E-state index contributed by atoms with van der Waals surface area (Å²) in [5.74, 6) is 0.0862. The van der Waals surface area contributed by atoms with Crippen molar-refractivity contribution in [3.8, 4) is 0 Å². The second kappa shape index (κ2) is 10.3. The van der Waals surface area contributed by atoms with E-state index in [1.807, 2.05) is 13.8 Å². The van der Waals surface area contributed by atoms with Crippen molar-refractivity contribution < 1.29 is 27.1 Å². The Morgan fingerprint density at radius 3 is 2.38 bits per heavy atom. The average Bonchev–Trinajstić information content (AvgIpc) is 2.73. The normalized spacial score (nSPS) is 22.7. The van der Waals surface area contributed by atoms with E-state index in [4.69, 9.17) is 14.9 Å². The highest BCUT2D eigenvalue weighted by Gasteiger charge is 2.30. The van der Waals surface area contributed by atoms with Gasteiger partial charge in [-0.1, -0.05) is 19.9 Å². The Labute approximate surface area is 188 Å². The fourth-order valence-electron chi connectivity index (χ4n) is 4.02. The van der Waals surface area contributed by atoms with Gasteiger partial charge in [0.2, 0.25) is 0 Å². The Morgan fingerprint density at radius 2 is 1.84 bits per heavy atom. The molecule has 2 amide bonds. The van der Waals surface area contributed by atoms with Crippen molar-refractivity contribution in [2.24, 2.45) is 17.8 Å². The van der Waals surface area contributed by atoms with Crippen LogP contribution >= 0.6 is 0 Å². The molecular formula is C22H32FN3O5S. The van der Waals surface area contributed by atoms with E-state index in [0.29, 0.717) is 37.8 Å². The van der Waals surface area contributed by atoms with Crippen molar-refractivity contribution in [3.63, 3.8) is 0 Å². The highest BCUT2D eigenvalue weighted by Crippen LogP contribution is 2.32. The molecular weight excluding hydrogens is 437 g/mol. The maximum Gasteiger partial charge on any atom is 0.322 e. The number of sulfone groups is 1. The number of ether oxygens (including phenoxy) is 2. The first-order valence-corrected chi connectivity index (χ1v) is 12.8. The molecule has 2 N–H and O–H groups in total. The Morgan fingerprint density at radius 1 is 1.22 bits per heavy atom. The van der Waals surface area contributed by atoms with Crippen molar-refractivity contribution in [1.82, 2.24) is 10.2 Å². The molecule has 32 heavy (non-hydrogen) atoms. The lowest BCUT2D eigenvalue weighted by Crippen LogP contribution is -2.47. The van der Waals surface area contributed by atoms with Crippen LogP contribution in [0.4, 0.5) is 9.18 Å². The van der Waals surface area contributed by atoms with E-state index in [1.54, 1.807) is 4.90 Å². The first kappa shape index (κ1) is 24.6. The first-order valence-electron chi connectivity index (χ1n) is 10.9. The standard InChI is InChI=1S/C22H32FN3O5S/c1-14(2)20(24)25-22(27)26-8-6-15(7-9-26)10-16-12-30-21(31-13-16)17-4-5-19(18(23)11-17)32(3,28)29/h4-5,11,14-16,21H,6-10,12-13H2,1-3H3,(H2,24,25,27). The molecule has 1 aromatic carbocycles. The fourth-order valence-corrected chi connectivity index (χ4v) is 4.75. The molecule has 0 aromatic heterocycles. The number of piperidine rings is 1. The summed E-state index contributed by atoms with van der Waals surface area (Å²) >= 11 is 0. The molecule has 3 rings (SSSR count). The van der Waals surface area contributed by atoms with Crippen molar-refractivity contribution >= 4 is 21.7 Å². The van der Waals surface area contributed by atoms with Gasteiger partial charge in [0.15, 0.2) is 16.1 Å². The van der Waals surface area contributed by atoms with Gasteiger partial charge in [0.25, 0.3) is 0 Å². The van der Waals surface area contributed by atoms with Crippen LogP contribution in [0.5, 0.6) is 0 Å². The first-order chi connectivity index (χ1) is 15.0. The molecule has 10 heteroatoms. The van der Waals surface area contributed by atoms with Crippen LogP contribution in [0, 0.1) is 29.0 Å². The monoisotopic (exact) mass is 469 g/mol. The Bertz CT molecular complexity index is 937. The van der Waals surface area contributed by atoms with Gasteiger partial charge in [-0.05, 0) is 37.3 Å². The Balaban J connectivity index is 1.44. The van der Waals surface area contributed by atoms with E-state index in [-0.39, 0.29) is 28.6 Å². The van der Waals surface area contributed by atoms with Crippen LogP contribution in [0.15, 0.2) is 23.1 Å². The number of amidine groups is 1. The number of nitrogens with zero attached hydrogens (tertiary/aromatic N) is 1. The van der Waals surface area contributed by atoms with Crippen molar-refractivity contribution in [3.05, 3.63) is 29.6 Å². The van der Waals surface area contributed by atoms with Gasteiger partial charge in [-0.15, -0.1) is 0 Å². The highest BCUT2D eigenvalue weighted by atomic mass is 32.2. The number of urea groups is 1. The van der Waals surface area contributed by atoms with Gasteiger partial charge in [-0.2, -0.15) is 0 Å². The third-order valence-corrected chi connectivity index (χ3v) is 7.11. The molecule has 0 spiro atoms. The molecule has 2 aliphatic rings. The van der Waals surface area contributed by atoms with E-state index in [9.17, 15) is 17.6 Å². The summed E-state index contributed by atoms with van der Waals surface area (Å²) in [5.41, 5.74) is 0.458. The molecule has 0 saturated carbocycles. The number of amides is 2. The summed E-state index contributed by atoms with van der Waals surface area (Å²) in [6.45, 7) is 6.01. The Hall–Kier alpha value is -2.04. The number of hydrogen-bond donors (Lipinski definition) is 2. The van der Waals surface area contributed by atoms with Gasteiger partial charge >= 0.3 is 6.03 Å². The summed E-state index contributed by atoms with van der Waals surface area (Å²) in [5, 5.41) is 10.4. The lowest BCUT2D eigenvalue weighted by atomic mass is 9.87. The summed E-state index contributed by atoms with van der Waals surface area (Å²) in [6.07, 6.45) is 2.96. The molecule has 0 radical (unpaired) electrons. The van der Waals surface area contributed by atoms with Crippen LogP contribution < -0.4 is 5.32 Å². The van der Waals surface area contributed by atoms with Gasteiger partial charge in [0.05, 0.1) is 13.2 Å². The zero-order valence-corrected chi connectivity index (χ0v) is 19.6. The van der Waals surface area contributed by atoms with E-state index in [0.717, 1.165) is 31.6 Å². The molecule has 8 nitrogen and oxygen atoms in total. The van der Waals surface area contributed by atoms with E-state index in [1.165, 1.54) is 12.1 Å². The summed E-state index contributed by atoms with van der Waals surface area (Å²) in [7, 11) is -3.62. The zero-order valence-electron chi connectivity index (χ0n) is 18.8. The van der Waals surface area contributed by atoms with Gasteiger partial charge in [0.1, 0.15) is 16.5 Å². The topological polar surface area (TPSA) is 109 Å². The van der Waals surface area contributed by atoms with E-state index >= 15 is 0 Å². The van der Waals surface area contributed by atoms with Gasteiger partial charge in [0, 0.05) is 36.7 Å². The number of nitrogens with one attached hydrogen (secondary N) is 2. The van der Waals surface area contributed by atoms with Crippen molar-refractivity contribution in [2.75, 3.05) is 32.6 Å². The third kappa shape index (κ3) is 6.26. The molecule has 2 fully saturated rings. The molecule has 2 aliphatic heterocycles. The second-order valence-corrected chi connectivity index (χ2v) is 11.0. The summed E-state index contributed by atoms with van der Waals surface area (Å²) in [4.78, 5) is 13.7. The van der Waals surface area contributed by atoms with Crippen LogP contribution in [0.1, 0.15) is 45.0 Å². The predicted octanol–water partition coefficient (Wildman–Crippen LogP) is 3.34.